The highest BCUT2D eigenvalue weighted by Gasteiger charge is 2.14. The third-order valence-corrected chi connectivity index (χ3v) is 1.77. The quantitative estimate of drug-likeness (QED) is 0.764. The van der Waals surface area contributed by atoms with Gasteiger partial charge in [0.2, 0.25) is 0 Å². The number of nitrogens with two attached hydrogens (primary N) is 1. The first-order valence-electron chi connectivity index (χ1n) is 4.76. The maximum atomic E-state index is 13.1. The average Bonchev–Trinajstić information content (AvgIpc) is 2.24. The average molecular weight is 248 g/mol. The summed E-state index contributed by atoms with van der Waals surface area (Å²) in [5.74, 6) is -4.18. The molecule has 0 heterocycles. The molecule has 0 aliphatic carbocycles. The molecule has 0 bridgehead atoms. The largest absolute Gasteiger partial charge is 0.370 e. The van der Waals surface area contributed by atoms with Gasteiger partial charge in [-0.25, -0.2) is 13.2 Å². The molecule has 0 unspecified atom stereocenters. The maximum Gasteiger partial charge on any atom is 0.250 e. The van der Waals surface area contributed by atoms with E-state index in [9.17, 15) is 18.0 Å². The lowest BCUT2D eigenvalue weighted by Gasteiger charge is -2.07. The second kappa shape index (κ2) is 6.21. The van der Waals surface area contributed by atoms with E-state index in [1.54, 1.807) is 0 Å². The molecule has 0 radical (unpaired) electrons. The van der Waals surface area contributed by atoms with Gasteiger partial charge in [-0.2, -0.15) is 0 Å². The fourth-order valence-corrected chi connectivity index (χ4v) is 1.09. The van der Waals surface area contributed by atoms with Crippen molar-refractivity contribution in [1.82, 2.24) is 0 Å². The van der Waals surface area contributed by atoms with Gasteiger partial charge < -0.3 is 15.8 Å². The predicted octanol–water partition coefficient (Wildman–Crippen LogP) is 1.02. The van der Waals surface area contributed by atoms with Gasteiger partial charge in [0.15, 0.2) is 11.6 Å². The number of halogens is 3. The lowest BCUT2D eigenvalue weighted by atomic mass is 10.2. The normalized spacial score (nSPS) is 10.4. The van der Waals surface area contributed by atoms with Gasteiger partial charge in [0.25, 0.3) is 5.91 Å². The fraction of sp³-hybridized carbons (Fsp3) is 0.300. The van der Waals surface area contributed by atoms with Crippen molar-refractivity contribution in [1.29, 1.82) is 0 Å². The zero-order valence-corrected chi connectivity index (χ0v) is 8.80. The summed E-state index contributed by atoms with van der Waals surface area (Å²) in [6.45, 7) is 0.00179. The lowest BCUT2D eigenvalue weighted by molar-refractivity contribution is -0.120. The monoisotopic (exact) mass is 248 g/mol. The van der Waals surface area contributed by atoms with E-state index in [1.807, 2.05) is 5.32 Å². The van der Waals surface area contributed by atoms with Crippen molar-refractivity contribution in [3.05, 3.63) is 29.6 Å². The molecule has 94 valence electrons. The van der Waals surface area contributed by atoms with E-state index in [2.05, 4.69) is 0 Å². The van der Waals surface area contributed by atoms with Crippen molar-refractivity contribution in [3.8, 4) is 0 Å². The number of carbonyl (C=O) groups excluding carboxylic acids is 1. The first-order chi connectivity index (χ1) is 8.04. The SMILES string of the molecule is NCCOCC(=O)Nc1c(F)cc(F)cc1F. The van der Waals surface area contributed by atoms with Crippen LogP contribution in [-0.2, 0) is 9.53 Å². The van der Waals surface area contributed by atoms with Gasteiger partial charge in [-0.15, -0.1) is 0 Å². The Balaban J connectivity index is 2.65. The van der Waals surface area contributed by atoms with Gasteiger partial charge in [-0.1, -0.05) is 0 Å². The van der Waals surface area contributed by atoms with Crippen molar-refractivity contribution < 1.29 is 22.7 Å². The molecule has 0 aliphatic rings. The van der Waals surface area contributed by atoms with Gasteiger partial charge in [0, 0.05) is 18.7 Å². The zero-order valence-electron chi connectivity index (χ0n) is 8.80. The van der Waals surface area contributed by atoms with Crippen LogP contribution in [0.15, 0.2) is 12.1 Å². The standard InChI is InChI=1S/C10H11F3N2O2/c11-6-3-7(12)10(8(13)4-6)15-9(16)5-17-2-1-14/h3-4H,1-2,5,14H2,(H,15,16). The minimum absolute atomic E-state index is 0.155. The fourth-order valence-electron chi connectivity index (χ4n) is 1.09. The first-order valence-corrected chi connectivity index (χ1v) is 4.76. The molecule has 1 rings (SSSR count). The number of anilines is 1. The molecule has 1 amide bonds. The van der Waals surface area contributed by atoms with Gasteiger partial charge >= 0.3 is 0 Å². The van der Waals surface area contributed by atoms with Gasteiger partial charge in [0.1, 0.15) is 18.1 Å². The van der Waals surface area contributed by atoms with E-state index >= 15 is 0 Å². The topological polar surface area (TPSA) is 64.3 Å². The van der Waals surface area contributed by atoms with Crippen LogP contribution < -0.4 is 11.1 Å². The molecule has 17 heavy (non-hydrogen) atoms. The Bertz CT molecular complexity index is 390. The number of hydrogen-bond acceptors (Lipinski definition) is 3. The van der Waals surface area contributed by atoms with Crippen LogP contribution in [0.5, 0.6) is 0 Å². The lowest BCUT2D eigenvalue weighted by Crippen LogP contribution is -2.22. The second-order valence-electron chi connectivity index (χ2n) is 3.13. The van der Waals surface area contributed by atoms with E-state index in [0.717, 1.165) is 0 Å². The molecule has 0 saturated heterocycles. The summed E-state index contributed by atoms with van der Waals surface area (Å²) >= 11 is 0. The van der Waals surface area contributed by atoms with Crippen molar-refractivity contribution >= 4 is 11.6 Å². The van der Waals surface area contributed by atoms with Crippen molar-refractivity contribution in [3.63, 3.8) is 0 Å². The smallest absolute Gasteiger partial charge is 0.250 e. The van der Waals surface area contributed by atoms with Gasteiger partial charge in [0.05, 0.1) is 6.61 Å². The van der Waals surface area contributed by atoms with Gasteiger partial charge in [-0.3, -0.25) is 4.79 Å². The first kappa shape index (κ1) is 13.5. The molecule has 0 aliphatic heterocycles. The summed E-state index contributed by atoms with van der Waals surface area (Å²) in [5.41, 5.74) is 4.41. The molecule has 0 aromatic heterocycles. The van der Waals surface area contributed by atoms with Crippen molar-refractivity contribution in [2.24, 2.45) is 5.73 Å². The number of carbonyl (C=O) groups is 1. The predicted molar refractivity (Wildman–Crippen MR) is 54.8 cm³/mol. The Hall–Kier alpha value is -1.60. The number of rotatable bonds is 5. The molecule has 0 fully saturated rings. The number of ether oxygens (including phenoxy) is 1. The number of amides is 1. The van der Waals surface area contributed by atoms with E-state index in [0.29, 0.717) is 12.1 Å². The molecule has 0 atom stereocenters. The highest BCUT2D eigenvalue weighted by molar-refractivity contribution is 5.91. The second-order valence-corrected chi connectivity index (χ2v) is 3.13. The molecule has 4 nitrogen and oxygen atoms in total. The molecular weight excluding hydrogens is 237 g/mol. The summed E-state index contributed by atoms with van der Waals surface area (Å²) in [4.78, 5) is 11.2. The third-order valence-electron chi connectivity index (χ3n) is 1.77. The molecular formula is C10H11F3N2O2. The van der Waals surface area contributed by atoms with Crippen LogP contribution in [0.4, 0.5) is 18.9 Å². The van der Waals surface area contributed by atoms with Crippen LogP contribution in [0.2, 0.25) is 0 Å². The number of nitrogens with one attached hydrogen (secondary N) is 1. The van der Waals surface area contributed by atoms with Crippen LogP contribution >= 0.6 is 0 Å². The maximum absolute atomic E-state index is 13.1. The summed E-state index contributed by atoms with van der Waals surface area (Å²) in [6.07, 6.45) is 0. The van der Waals surface area contributed by atoms with Gasteiger partial charge in [-0.05, 0) is 0 Å². The molecule has 1 aromatic rings. The van der Waals surface area contributed by atoms with E-state index in [4.69, 9.17) is 10.5 Å². The Morgan fingerprint density at radius 2 is 1.88 bits per heavy atom. The van der Waals surface area contributed by atoms with Crippen LogP contribution in [-0.4, -0.2) is 25.7 Å². The Labute approximate surface area is 95.6 Å². The van der Waals surface area contributed by atoms with Crippen LogP contribution in [0.3, 0.4) is 0 Å². The number of benzene rings is 1. The summed E-state index contributed by atoms with van der Waals surface area (Å²) < 4.78 is 43.5. The van der Waals surface area contributed by atoms with Crippen LogP contribution in [0.25, 0.3) is 0 Å². The van der Waals surface area contributed by atoms with Crippen LogP contribution in [0.1, 0.15) is 0 Å². The Kier molecular flexibility index (Phi) is 4.92. The summed E-state index contributed by atoms with van der Waals surface area (Å²) in [6, 6.07) is 0.943. The minimum atomic E-state index is -1.19. The molecule has 1 aromatic carbocycles. The summed E-state index contributed by atoms with van der Waals surface area (Å²) in [5, 5.41) is 1.94. The minimum Gasteiger partial charge on any atom is -0.370 e. The molecule has 0 spiro atoms. The van der Waals surface area contributed by atoms with E-state index < -0.39 is 29.0 Å². The summed E-state index contributed by atoms with van der Waals surface area (Å²) in [7, 11) is 0. The van der Waals surface area contributed by atoms with Crippen LogP contribution in [0, 0.1) is 17.5 Å². The van der Waals surface area contributed by atoms with E-state index in [1.165, 1.54) is 0 Å². The Morgan fingerprint density at radius 1 is 1.29 bits per heavy atom. The highest BCUT2D eigenvalue weighted by atomic mass is 19.1. The molecule has 7 heteroatoms. The number of hydrogen-bond donors (Lipinski definition) is 2. The third kappa shape index (κ3) is 4.04. The van der Waals surface area contributed by atoms with Crippen molar-refractivity contribution in [2.45, 2.75) is 0 Å². The molecule has 3 N–H and O–H groups in total. The Morgan fingerprint density at radius 3 is 2.41 bits per heavy atom. The van der Waals surface area contributed by atoms with Crippen molar-refractivity contribution in [2.75, 3.05) is 25.1 Å². The van der Waals surface area contributed by atoms with E-state index in [-0.39, 0.29) is 19.8 Å². The molecule has 0 saturated carbocycles. The zero-order chi connectivity index (χ0) is 12.8. The highest BCUT2D eigenvalue weighted by Crippen LogP contribution is 2.19.